The third kappa shape index (κ3) is 3.28. The standard InChI is InChI=1S/C11H14BrClN2O3S/c1-7-5-15(6-8(2)18-7)19(16,17)10-3-9(12)4-14-11(10)13/h3-4,7-8H,5-6H2,1-2H3/t7-,8+. The molecule has 1 saturated heterocycles. The summed E-state index contributed by atoms with van der Waals surface area (Å²) in [6.07, 6.45) is 1.18. The second kappa shape index (κ2) is 5.65. The van der Waals surface area contributed by atoms with Crippen molar-refractivity contribution in [1.29, 1.82) is 0 Å². The third-order valence-corrected chi connectivity index (χ3v) is 5.47. The Morgan fingerprint density at radius 3 is 2.58 bits per heavy atom. The van der Waals surface area contributed by atoms with Crippen LogP contribution in [0.3, 0.4) is 0 Å². The highest BCUT2D eigenvalue weighted by atomic mass is 79.9. The second-order valence-corrected chi connectivity index (χ2v) is 7.70. The van der Waals surface area contributed by atoms with E-state index in [0.29, 0.717) is 17.6 Å². The van der Waals surface area contributed by atoms with Crippen LogP contribution in [0.1, 0.15) is 13.8 Å². The number of sulfonamides is 1. The largest absolute Gasteiger partial charge is 0.373 e. The summed E-state index contributed by atoms with van der Waals surface area (Å²) in [6, 6.07) is 1.47. The number of hydrogen-bond acceptors (Lipinski definition) is 4. The Bertz CT molecular complexity index is 571. The molecule has 8 heteroatoms. The van der Waals surface area contributed by atoms with Crippen molar-refractivity contribution in [3.63, 3.8) is 0 Å². The Hall–Kier alpha value is -0.210. The van der Waals surface area contributed by atoms with Gasteiger partial charge in [0.1, 0.15) is 10.0 Å². The van der Waals surface area contributed by atoms with Gasteiger partial charge in [-0.1, -0.05) is 11.6 Å². The van der Waals surface area contributed by atoms with Gasteiger partial charge in [0.25, 0.3) is 0 Å². The van der Waals surface area contributed by atoms with Crippen LogP contribution in [0.5, 0.6) is 0 Å². The molecule has 2 heterocycles. The monoisotopic (exact) mass is 368 g/mol. The average Bonchev–Trinajstić information content (AvgIpc) is 2.31. The summed E-state index contributed by atoms with van der Waals surface area (Å²) in [5, 5.41) is -0.0185. The lowest BCUT2D eigenvalue weighted by atomic mass is 10.3. The highest BCUT2D eigenvalue weighted by Gasteiger charge is 2.33. The molecule has 1 aromatic rings. The maximum absolute atomic E-state index is 12.6. The van der Waals surface area contributed by atoms with Crippen LogP contribution in [-0.4, -0.2) is 43.0 Å². The van der Waals surface area contributed by atoms with Crippen LogP contribution in [0, 0.1) is 0 Å². The van der Waals surface area contributed by atoms with Crippen molar-refractivity contribution in [2.24, 2.45) is 0 Å². The van der Waals surface area contributed by atoms with Gasteiger partial charge >= 0.3 is 0 Å². The van der Waals surface area contributed by atoms with E-state index in [1.54, 1.807) is 0 Å². The molecule has 0 spiro atoms. The molecule has 0 bridgehead atoms. The second-order valence-electron chi connectivity index (χ2n) is 4.52. The first-order valence-corrected chi connectivity index (χ1v) is 8.38. The van der Waals surface area contributed by atoms with Crippen molar-refractivity contribution in [3.05, 3.63) is 21.9 Å². The average molecular weight is 370 g/mol. The molecule has 0 radical (unpaired) electrons. The van der Waals surface area contributed by atoms with Gasteiger partial charge in [-0.15, -0.1) is 0 Å². The van der Waals surface area contributed by atoms with E-state index in [9.17, 15) is 8.42 Å². The molecular formula is C11H14BrClN2O3S. The smallest absolute Gasteiger partial charge is 0.246 e. The fraction of sp³-hybridized carbons (Fsp3) is 0.545. The number of pyridine rings is 1. The zero-order valence-electron chi connectivity index (χ0n) is 10.5. The van der Waals surface area contributed by atoms with E-state index in [0.717, 1.165) is 0 Å². The highest BCUT2D eigenvalue weighted by molar-refractivity contribution is 9.10. The van der Waals surface area contributed by atoms with Crippen LogP contribution in [-0.2, 0) is 14.8 Å². The van der Waals surface area contributed by atoms with Crippen LogP contribution in [0.2, 0.25) is 5.15 Å². The molecule has 0 aromatic carbocycles. The quantitative estimate of drug-likeness (QED) is 0.751. The van der Waals surface area contributed by atoms with E-state index in [1.807, 2.05) is 13.8 Å². The molecule has 0 amide bonds. The van der Waals surface area contributed by atoms with Crippen LogP contribution in [0.25, 0.3) is 0 Å². The lowest BCUT2D eigenvalue weighted by Crippen LogP contribution is -2.48. The first-order valence-electron chi connectivity index (χ1n) is 5.77. The summed E-state index contributed by atoms with van der Waals surface area (Å²) >= 11 is 9.11. The lowest BCUT2D eigenvalue weighted by Gasteiger charge is -2.34. The number of hydrogen-bond donors (Lipinski definition) is 0. The van der Waals surface area contributed by atoms with Gasteiger partial charge in [0.05, 0.1) is 12.2 Å². The SMILES string of the molecule is C[C@@H]1CN(S(=O)(=O)c2cc(Br)cnc2Cl)C[C@H](C)O1. The molecule has 1 aliphatic rings. The molecular weight excluding hydrogens is 356 g/mol. The van der Waals surface area contributed by atoms with E-state index >= 15 is 0 Å². The Morgan fingerprint density at radius 2 is 2.00 bits per heavy atom. The van der Waals surface area contributed by atoms with Crippen molar-refractivity contribution in [3.8, 4) is 0 Å². The normalized spacial score (nSPS) is 25.5. The number of ether oxygens (including phenoxy) is 1. The van der Waals surface area contributed by atoms with Crippen molar-refractivity contribution in [1.82, 2.24) is 9.29 Å². The van der Waals surface area contributed by atoms with E-state index in [1.165, 1.54) is 16.6 Å². The fourth-order valence-corrected chi connectivity index (χ4v) is 4.56. The van der Waals surface area contributed by atoms with E-state index in [-0.39, 0.29) is 22.3 Å². The molecule has 1 aromatic heterocycles. The minimum absolute atomic E-state index is 0.0184. The zero-order chi connectivity index (χ0) is 14.2. The number of aromatic nitrogens is 1. The summed E-state index contributed by atoms with van der Waals surface area (Å²) in [7, 11) is -3.65. The van der Waals surface area contributed by atoms with Crippen LogP contribution < -0.4 is 0 Å². The molecule has 2 atom stereocenters. The molecule has 0 N–H and O–H groups in total. The van der Waals surface area contributed by atoms with E-state index in [2.05, 4.69) is 20.9 Å². The summed E-state index contributed by atoms with van der Waals surface area (Å²) in [6.45, 7) is 4.32. The Balaban J connectivity index is 2.39. The minimum atomic E-state index is -3.65. The number of morpholine rings is 1. The molecule has 19 heavy (non-hydrogen) atoms. The molecule has 0 saturated carbocycles. The first-order chi connectivity index (χ1) is 8.80. The Morgan fingerprint density at radius 1 is 1.42 bits per heavy atom. The van der Waals surface area contributed by atoms with Crippen LogP contribution in [0.15, 0.2) is 21.6 Å². The molecule has 2 rings (SSSR count). The van der Waals surface area contributed by atoms with Crippen molar-refractivity contribution in [2.75, 3.05) is 13.1 Å². The Kier molecular flexibility index (Phi) is 4.52. The maximum Gasteiger partial charge on any atom is 0.246 e. The van der Waals surface area contributed by atoms with E-state index in [4.69, 9.17) is 16.3 Å². The summed E-state index contributed by atoms with van der Waals surface area (Å²) in [5.41, 5.74) is 0. The fourth-order valence-electron chi connectivity index (χ4n) is 2.05. The Labute approximate surface area is 126 Å². The summed E-state index contributed by atoms with van der Waals surface area (Å²) < 4.78 is 32.7. The van der Waals surface area contributed by atoms with Gasteiger partial charge in [-0.05, 0) is 35.8 Å². The van der Waals surface area contributed by atoms with E-state index < -0.39 is 10.0 Å². The number of nitrogens with zero attached hydrogens (tertiary/aromatic N) is 2. The number of rotatable bonds is 2. The summed E-state index contributed by atoms with van der Waals surface area (Å²) in [4.78, 5) is 3.88. The minimum Gasteiger partial charge on any atom is -0.373 e. The van der Waals surface area contributed by atoms with Gasteiger partial charge in [-0.3, -0.25) is 0 Å². The molecule has 0 aliphatic carbocycles. The molecule has 1 fully saturated rings. The lowest BCUT2D eigenvalue weighted by molar-refractivity contribution is -0.0440. The van der Waals surface area contributed by atoms with Crippen molar-refractivity contribution < 1.29 is 13.2 Å². The highest BCUT2D eigenvalue weighted by Crippen LogP contribution is 2.27. The van der Waals surface area contributed by atoms with Crippen LogP contribution in [0.4, 0.5) is 0 Å². The zero-order valence-corrected chi connectivity index (χ0v) is 13.7. The molecule has 1 aliphatic heterocycles. The van der Waals surface area contributed by atoms with Gasteiger partial charge in [0.2, 0.25) is 10.0 Å². The number of halogens is 2. The predicted molar refractivity (Wildman–Crippen MR) is 75.7 cm³/mol. The topological polar surface area (TPSA) is 59.5 Å². The predicted octanol–water partition coefficient (Wildman–Crippen LogP) is 2.30. The van der Waals surface area contributed by atoms with Crippen molar-refractivity contribution in [2.45, 2.75) is 31.0 Å². The van der Waals surface area contributed by atoms with Gasteiger partial charge in [0, 0.05) is 23.8 Å². The summed E-state index contributed by atoms with van der Waals surface area (Å²) in [5.74, 6) is 0. The third-order valence-electron chi connectivity index (χ3n) is 2.78. The maximum atomic E-state index is 12.6. The molecule has 106 valence electrons. The van der Waals surface area contributed by atoms with Gasteiger partial charge < -0.3 is 4.74 Å². The van der Waals surface area contributed by atoms with Gasteiger partial charge in [-0.25, -0.2) is 13.4 Å². The van der Waals surface area contributed by atoms with Gasteiger partial charge in [0.15, 0.2) is 0 Å². The molecule has 5 nitrogen and oxygen atoms in total. The first kappa shape index (κ1) is 15.2. The van der Waals surface area contributed by atoms with Crippen molar-refractivity contribution >= 4 is 37.6 Å². The molecule has 0 unspecified atom stereocenters. The van der Waals surface area contributed by atoms with Crippen LogP contribution >= 0.6 is 27.5 Å². The van der Waals surface area contributed by atoms with Gasteiger partial charge in [-0.2, -0.15) is 4.31 Å².